The van der Waals surface area contributed by atoms with Gasteiger partial charge in [0.15, 0.2) is 0 Å². The van der Waals surface area contributed by atoms with Gasteiger partial charge in [0, 0.05) is 11.1 Å². The van der Waals surface area contributed by atoms with Crippen molar-refractivity contribution in [2.45, 2.75) is 51.0 Å². The average Bonchev–Trinajstić information content (AvgIpc) is 2.92. The molecule has 4 nitrogen and oxygen atoms in total. The zero-order valence-electron chi connectivity index (χ0n) is 15.2. The highest BCUT2D eigenvalue weighted by Gasteiger charge is 2.52. The van der Waals surface area contributed by atoms with Crippen LogP contribution < -0.4 is 5.46 Å². The highest BCUT2D eigenvalue weighted by atomic mass is 16.5. The van der Waals surface area contributed by atoms with Crippen LogP contribution in [0, 0.1) is 0 Å². The molecule has 126 valence electrons. The first-order valence-electron chi connectivity index (χ1n) is 8.48. The number of ether oxygens (including phenoxy) is 2. The number of likely N-dealkylation sites (N-methyl/N-ethyl adjacent to an activating group) is 2. The molecule has 2 aliphatic heterocycles. The van der Waals surface area contributed by atoms with E-state index in [9.17, 15) is 0 Å². The molecule has 2 fully saturated rings. The molecule has 0 saturated carbocycles. The van der Waals surface area contributed by atoms with Gasteiger partial charge in [-0.15, -0.1) is 0 Å². The largest absolute Gasteiger partial charge is 0.369 e. The van der Waals surface area contributed by atoms with Crippen molar-refractivity contribution in [2.24, 2.45) is 0 Å². The van der Waals surface area contributed by atoms with Crippen molar-refractivity contribution >= 4 is 12.2 Å². The summed E-state index contributed by atoms with van der Waals surface area (Å²) in [5, 5.41) is 0. The summed E-state index contributed by atoms with van der Waals surface area (Å²) in [5.41, 5.74) is 1.37. The molecule has 1 aromatic carbocycles. The predicted octanol–water partition coefficient (Wildman–Crippen LogP) is 1.60. The fourth-order valence-electron chi connectivity index (χ4n) is 3.53. The van der Waals surface area contributed by atoms with Gasteiger partial charge in [0.2, 0.25) is 0 Å². The Morgan fingerprint density at radius 1 is 0.870 bits per heavy atom. The second kappa shape index (κ2) is 5.89. The van der Waals surface area contributed by atoms with Gasteiger partial charge in [0.25, 0.3) is 6.71 Å². The molecule has 2 heterocycles. The van der Waals surface area contributed by atoms with Gasteiger partial charge in [-0.25, -0.2) is 0 Å². The number of rotatable bonds is 3. The van der Waals surface area contributed by atoms with Gasteiger partial charge in [-0.1, -0.05) is 35.8 Å². The summed E-state index contributed by atoms with van der Waals surface area (Å²) < 4.78 is 12.5. The molecule has 2 saturated heterocycles. The molecule has 0 bridgehead atoms. The van der Waals surface area contributed by atoms with Crippen LogP contribution in [-0.4, -0.2) is 67.2 Å². The van der Waals surface area contributed by atoms with E-state index in [0.717, 1.165) is 13.2 Å². The van der Waals surface area contributed by atoms with Crippen LogP contribution in [-0.2, 0) is 9.47 Å². The molecule has 0 N–H and O–H groups in total. The Morgan fingerprint density at radius 3 is 1.65 bits per heavy atom. The SMILES string of the molecule is CN1C(B(c2ccccc2)C2OCC(C)(C)N2C)OCC1(C)C. The lowest BCUT2D eigenvalue weighted by atomic mass is 9.40. The van der Waals surface area contributed by atoms with Crippen molar-refractivity contribution in [2.75, 3.05) is 27.3 Å². The second-order valence-electron chi connectivity index (χ2n) is 8.19. The van der Waals surface area contributed by atoms with E-state index < -0.39 is 0 Å². The van der Waals surface area contributed by atoms with E-state index in [1.807, 2.05) is 0 Å². The third kappa shape index (κ3) is 2.96. The molecule has 3 rings (SSSR count). The number of hydrogen-bond donors (Lipinski definition) is 0. The average molecular weight is 316 g/mol. The smallest absolute Gasteiger partial charge is 0.279 e. The molecule has 23 heavy (non-hydrogen) atoms. The van der Waals surface area contributed by atoms with E-state index in [4.69, 9.17) is 9.47 Å². The van der Waals surface area contributed by atoms with Gasteiger partial charge < -0.3 is 9.47 Å². The van der Waals surface area contributed by atoms with Crippen LogP contribution in [0.5, 0.6) is 0 Å². The summed E-state index contributed by atoms with van der Waals surface area (Å²) >= 11 is 0. The van der Waals surface area contributed by atoms with Gasteiger partial charge in [0.1, 0.15) is 0 Å². The van der Waals surface area contributed by atoms with Crippen LogP contribution in [0.4, 0.5) is 0 Å². The lowest BCUT2D eigenvalue weighted by molar-refractivity contribution is 0.0670. The predicted molar refractivity (Wildman–Crippen MR) is 95.0 cm³/mol. The summed E-state index contributed by atoms with van der Waals surface area (Å²) in [5.74, 6) is 0. The van der Waals surface area contributed by atoms with Crippen molar-refractivity contribution in [3.8, 4) is 0 Å². The van der Waals surface area contributed by atoms with Crippen LogP contribution in [0.2, 0.25) is 0 Å². The molecular weight excluding hydrogens is 287 g/mol. The van der Waals surface area contributed by atoms with E-state index in [2.05, 4.69) is 81.9 Å². The molecule has 0 aliphatic carbocycles. The van der Waals surface area contributed by atoms with Gasteiger partial charge in [0.05, 0.1) is 25.5 Å². The Kier molecular flexibility index (Phi) is 4.34. The summed E-state index contributed by atoms with van der Waals surface area (Å²) in [6.45, 7) is 10.6. The molecule has 2 unspecified atom stereocenters. The molecule has 0 radical (unpaired) electrons. The lowest BCUT2D eigenvalue weighted by Gasteiger charge is -2.37. The Balaban J connectivity index is 1.96. The van der Waals surface area contributed by atoms with E-state index >= 15 is 0 Å². The first-order chi connectivity index (χ1) is 10.7. The molecule has 0 spiro atoms. The first kappa shape index (κ1) is 17.0. The third-order valence-corrected chi connectivity index (χ3v) is 5.69. The van der Waals surface area contributed by atoms with Crippen molar-refractivity contribution in [3.05, 3.63) is 30.3 Å². The fraction of sp³-hybridized carbons (Fsp3) is 0.667. The third-order valence-electron chi connectivity index (χ3n) is 5.69. The topological polar surface area (TPSA) is 24.9 Å². The lowest BCUT2D eigenvalue weighted by Crippen LogP contribution is -2.62. The zero-order chi connectivity index (χ0) is 16.8. The van der Waals surface area contributed by atoms with Crippen LogP contribution >= 0.6 is 0 Å². The number of hydrogen-bond acceptors (Lipinski definition) is 4. The van der Waals surface area contributed by atoms with E-state index in [-0.39, 0.29) is 30.0 Å². The van der Waals surface area contributed by atoms with E-state index in [0.29, 0.717) is 0 Å². The standard InChI is InChI=1S/C18H29BN2O2/c1-17(2)12-22-15(20(17)5)19(14-10-8-7-9-11-14)16-21(6)18(3,4)13-23-16/h7-11,15-16H,12-13H2,1-6H3. The van der Waals surface area contributed by atoms with Crippen LogP contribution in [0.3, 0.4) is 0 Å². The Morgan fingerprint density at radius 2 is 1.30 bits per heavy atom. The molecule has 2 atom stereocenters. The molecule has 0 aromatic heterocycles. The molecular formula is C18H29BN2O2. The van der Waals surface area contributed by atoms with Crippen LogP contribution in [0.1, 0.15) is 27.7 Å². The highest BCUT2D eigenvalue weighted by molar-refractivity contribution is 6.75. The molecule has 1 aromatic rings. The Hall–Kier alpha value is -0.875. The normalized spacial score (nSPS) is 30.7. The first-order valence-corrected chi connectivity index (χ1v) is 8.48. The maximum absolute atomic E-state index is 6.25. The number of nitrogens with zero attached hydrogens (tertiary/aromatic N) is 2. The minimum Gasteiger partial charge on any atom is -0.369 e. The maximum atomic E-state index is 6.25. The number of benzene rings is 1. The van der Waals surface area contributed by atoms with E-state index in [1.165, 1.54) is 5.46 Å². The fourth-order valence-corrected chi connectivity index (χ4v) is 3.53. The Labute approximate surface area is 140 Å². The van der Waals surface area contributed by atoms with Crippen molar-refractivity contribution in [1.82, 2.24) is 9.80 Å². The summed E-state index contributed by atoms with van der Waals surface area (Å²) in [7, 11) is 4.32. The minimum absolute atomic E-state index is 0.0220. The second-order valence-corrected chi connectivity index (χ2v) is 8.19. The molecule has 0 amide bonds. The van der Waals surface area contributed by atoms with Gasteiger partial charge in [-0.05, 0) is 41.8 Å². The van der Waals surface area contributed by atoms with E-state index in [1.54, 1.807) is 0 Å². The van der Waals surface area contributed by atoms with Gasteiger partial charge in [-0.2, -0.15) is 0 Å². The quantitative estimate of drug-likeness (QED) is 0.791. The zero-order valence-corrected chi connectivity index (χ0v) is 15.2. The van der Waals surface area contributed by atoms with Crippen LogP contribution in [0.25, 0.3) is 0 Å². The molecule has 2 aliphatic rings. The maximum Gasteiger partial charge on any atom is 0.279 e. The summed E-state index contributed by atoms with van der Waals surface area (Å²) in [4.78, 5) is 4.71. The summed E-state index contributed by atoms with van der Waals surface area (Å²) in [6.07, 6.45) is 0.0440. The van der Waals surface area contributed by atoms with Crippen molar-refractivity contribution in [3.63, 3.8) is 0 Å². The Bertz CT molecular complexity index is 519. The molecule has 5 heteroatoms. The monoisotopic (exact) mass is 316 g/mol. The van der Waals surface area contributed by atoms with Crippen molar-refractivity contribution in [1.29, 1.82) is 0 Å². The minimum atomic E-state index is 0.0220. The highest BCUT2D eigenvalue weighted by Crippen LogP contribution is 2.32. The van der Waals surface area contributed by atoms with Gasteiger partial charge in [-0.3, -0.25) is 9.80 Å². The summed E-state index contributed by atoms with van der Waals surface area (Å²) in [6, 6.07) is 10.6. The van der Waals surface area contributed by atoms with Gasteiger partial charge >= 0.3 is 0 Å². The van der Waals surface area contributed by atoms with Crippen LogP contribution in [0.15, 0.2) is 30.3 Å². The van der Waals surface area contributed by atoms with Crippen molar-refractivity contribution < 1.29 is 9.47 Å².